The van der Waals surface area contributed by atoms with Crippen LogP contribution in [0.15, 0.2) is 4.47 Å². The van der Waals surface area contributed by atoms with E-state index in [2.05, 4.69) is 44.6 Å². The lowest BCUT2D eigenvalue weighted by molar-refractivity contribution is 0.305. The smallest absolute Gasteiger partial charge is 0.144 e. The molecule has 0 bridgehead atoms. The quantitative estimate of drug-likeness (QED) is 0.763. The molecule has 3 nitrogen and oxygen atoms in total. The van der Waals surface area contributed by atoms with Crippen molar-refractivity contribution in [3.63, 3.8) is 0 Å². The van der Waals surface area contributed by atoms with Crippen LogP contribution in [0.25, 0.3) is 0 Å². The number of nitrogens with zero attached hydrogens (tertiary/aromatic N) is 2. The first-order chi connectivity index (χ1) is 9.65. The van der Waals surface area contributed by atoms with Gasteiger partial charge in [-0.15, -0.1) is 0 Å². The second kappa shape index (κ2) is 7.66. The number of H-pyrrole nitrogens is 1. The molecule has 1 aliphatic rings. The van der Waals surface area contributed by atoms with Gasteiger partial charge in [-0.05, 0) is 41.9 Å². The first-order valence-corrected chi connectivity index (χ1v) is 8.86. The fourth-order valence-electron chi connectivity index (χ4n) is 2.94. The number of rotatable bonds is 6. The minimum Gasteiger partial charge on any atom is -0.346 e. The molecule has 0 radical (unpaired) electrons. The summed E-state index contributed by atoms with van der Waals surface area (Å²) in [6.07, 6.45) is 6.13. The highest BCUT2D eigenvalue weighted by molar-refractivity contribution is 9.10. The number of hydrogen-bond acceptors (Lipinski definition) is 3. The Labute approximate surface area is 135 Å². The number of hydrogen-bond donors (Lipinski definition) is 1. The number of nitrogens with one attached hydrogen (secondary N) is 1. The maximum atomic E-state index is 5.41. The highest BCUT2D eigenvalue weighted by atomic mass is 79.9. The lowest BCUT2D eigenvalue weighted by Crippen LogP contribution is -2.26. The second-order valence-corrected chi connectivity index (χ2v) is 6.65. The molecule has 0 spiro atoms. The lowest BCUT2D eigenvalue weighted by Gasteiger charge is -2.18. The van der Waals surface area contributed by atoms with Gasteiger partial charge in [-0.2, -0.15) is 0 Å². The van der Waals surface area contributed by atoms with Gasteiger partial charge in [-0.3, -0.25) is 0 Å². The van der Waals surface area contributed by atoms with Crippen LogP contribution in [0.2, 0.25) is 0 Å². The number of likely N-dealkylation sites (N-methyl/N-ethyl adjacent to an activating group) is 1. The van der Waals surface area contributed by atoms with Crippen LogP contribution >= 0.6 is 28.1 Å². The summed E-state index contributed by atoms with van der Waals surface area (Å²) in [7, 11) is 0. The van der Waals surface area contributed by atoms with Crippen molar-refractivity contribution in [2.24, 2.45) is 0 Å². The third-order valence-corrected chi connectivity index (χ3v) is 5.62. The molecule has 20 heavy (non-hydrogen) atoms. The Morgan fingerprint density at radius 1 is 1.30 bits per heavy atom. The zero-order valence-electron chi connectivity index (χ0n) is 12.4. The van der Waals surface area contributed by atoms with Crippen LogP contribution in [0.4, 0.5) is 0 Å². The molecular formula is C15H24BrN3S. The maximum absolute atomic E-state index is 5.41. The minimum absolute atomic E-state index is 0.626. The van der Waals surface area contributed by atoms with Crippen LogP contribution in [0.1, 0.15) is 57.0 Å². The van der Waals surface area contributed by atoms with Gasteiger partial charge in [0, 0.05) is 24.6 Å². The fraction of sp³-hybridized carbons (Fsp3) is 0.733. The monoisotopic (exact) mass is 357 g/mol. The average Bonchev–Trinajstić information content (AvgIpc) is 2.97. The van der Waals surface area contributed by atoms with Crippen molar-refractivity contribution in [2.45, 2.75) is 51.9 Å². The van der Waals surface area contributed by atoms with E-state index in [0.29, 0.717) is 10.6 Å². The van der Waals surface area contributed by atoms with E-state index in [1.54, 1.807) is 0 Å². The molecule has 1 aromatic heterocycles. The van der Waals surface area contributed by atoms with Crippen LogP contribution in [-0.4, -0.2) is 34.5 Å². The number of aromatic nitrogens is 2. The van der Waals surface area contributed by atoms with Crippen molar-refractivity contribution < 1.29 is 0 Å². The summed E-state index contributed by atoms with van der Waals surface area (Å²) in [6, 6.07) is 0. The first-order valence-electron chi connectivity index (χ1n) is 7.66. The van der Waals surface area contributed by atoms with Gasteiger partial charge in [0.2, 0.25) is 0 Å². The molecule has 0 amide bonds. The lowest BCUT2D eigenvalue weighted by atomic mass is 10.0. The molecule has 0 aromatic carbocycles. The van der Waals surface area contributed by atoms with Gasteiger partial charge in [-0.1, -0.05) is 38.9 Å². The first kappa shape index (κ1) is 16.1. The van der Waals surface area contributed by atoms with Crippen molar-refractivity contribution in [3.05, 3.63) is 20.6 Å². The zero-order valence-corrected chi connectivity index (χ0v) is 14.8. The summed E-state index contributed by atoms with van der Waals surface area (Å²) in [5, 5.41) is 0. The molecule has 1 N–H and O–H groups in total. The molecular weight excluding hydrogens is 334 g/mol. The van der Waals surface area contributed by atoms with Gasteiger partial charge in [0.1, 0.15) is 10.5 Å². The second-order valence-electron chi connectivity index (χ2n) is 5.47. The third kappa shape index (κ3) is 3.89. The molecule has 1 saturated carbocycles. The summed E-state index contributed by atoms with van der Waals surface area (Å²) in [5.74, 6) is 1.66. The van der Waals surface area contributed by atoms with Gasteiger partial charge in [-0.25, -0.2) is 4.98 Å². The summed E-state index contributed by atoms with van der Waals surface area (Å²) >= 11 is 9.03. The van der Waals surface area contributed by atoms with Crippen molar-refractivity contribution >= 4 is 28.1 Å². The predicted molar refractivity (Wildman–Crippen MR) is 89.8 cm³/mol. The van der Waals surface area contributed by atoms with E-state index < -0.39 is 0 Å². The standard InChI is InChI=1S/C15H24BrN3S/c1-3-19(4-2)10-9-12-17-14(11-7-5-6-8-11)13(16)15(20)18-12/h11H,3-10H2,1-2H3,(H,17,18,20). The van der Waals surface area contributed by atoms with Crippen LogP contribution in [0, 0.1) is 4.64 Å². The van der Waals surface area contributed by atoms with E-state index in [4.69, 9.17) is 12.2 Å². The SMILES string of the molecule is CCN(CC)CCc1nc(=S)c(Br)c(C2CCCC2)[nH]1. The molecule has 0 unspecified atom stereocenters. The third-order valence-electron chi connectivity index (χ3n) is 4.26. The van der Waals surface area contributed by atoms with Crippen LogP contribution < -0.4 is 0 Å². The Kier molecular flexibility index (Phi) is 6.18. The number of aromatic amines is 1. The predicted octanol–water partition coefficient (Wildman–Crippen LogP) is 4.44. The largest absolute Gasteiger partial charge is 0.346 e. The molecule has 2 rings (SSSR count). The number of halogens is 1. The summed E-state index contributed by atoms with van der Waals surface area (Å²) in [4.78, 5) is 10.5. The van der Waals surface area contributed by atoms with E-state index in [0.717, 1.165) is 36.4 Å². The van der Waals surface area contributed by atoms with Gasteiger partial charge in [0.05, 0.1) is 4.47 Å². The van der Waals surface area contributed by atoms with E-state index in [1.807, 2.05) is 0 Å². The molecule has 1 heterocycles. The molecule has 0 saturated heterocycles. The highest BCUT2D eigenvalue weighted by Gasteiger charge is 2.21. The maximum Gasteiger partial charge on any atom is 0.144 e. The summed E-state index contributed by atoms with van der Waals surface area (Å²) < 4.78 is 1.71. The fourth-order valence-corrected chi connectivity index (χ4v) is 3.67. The van der Waals surface area contributed by atoms with E-state index in [9.17, 15) is 0 Å². The Balaban J connectivity index is 2.15. The van der Waals surface area contributed by atoms with Gasteiger partial charge < -0.3 is 9.88 Å². The van der Waals surface area contributed by atoms with Crippen molar-refractivity contribution in [1.82, 2.24) is 14.9 Å². The average molecular weight is 358 g/mol. The summed E-state index contributed by atoms with van der Waals surface area (Å²) in [5.41, 5.74) is 1.28. The Bertz CT molecular complexity index is 490. The van der Waals surface area contributed by atoms with Gasteiger partial charge >= 0.3 is 0 Å². The van der Waals surface area contributed by atoms with E-state index >= 15 is 0 Å². The van der Waals surface area contributed by atoms with Crippen molar-refractivity contribution in [1.29, 1.82) is 0 Å². The van der Waals surface area contributed by atoms with E-state index in [1.165, 1.54) is 31.4 Å². The molecule has 112 valence electrons. The molecule has 5 heteroatoms. The van der Waals surface area contributed by atoms with Gasteiger partial charge in [0.15, 0.2) is 0 Å². The topological polar surface area (TPSA) is 31.9 Å². The van der Waals surface area contributed by atoms with Gasteiger partial charge in [0.25, 0.3) is 0 Å². The van der Waals surface area contributed by atoms with Crippen LogP contribution in [-0.2, 0) is 6.42 Å². The molecule has 1 aromatic rings. The normalized spacial score (nSPS) is 16.2. The Morgan fingerprint density at radius 3 is 2.55 bits per heavy atom. The Morgan fingerprint density at radius 2 is 1.95 bits per heavy atom. The molecule has 1 aliphatic carbocycles. The molecule has 0 atom stereocenters. The molecule has 1 fully saturated rings. The minimum atomic E-state index is 0.626. The highest BCUT2D eigenvalue weighted by Crippen LogP contribution is 2.36. The van der Waals surface area contributed by atoms with Crippen molar-refractivity contribution in [3.8, 4) is 0 Å². The Hall–Kier alpha value is -0.260. The zero-order chi connectivity index (χ0) is 14.5. The van der Waals surface area contributed by atoms with Crippen LogP contribution in [0.3, 0.4) is 0 Å². The summed E-state index contributed by atoms with van der Waals surface area (Å²) in [6.45, 7) is 7.61. The van der Waals surface area contributed by atoms with Crippen molar-refractivity contribution in [2.75, 3.05) is 19.6 Å². The molecule has 0 aliphatic heterocycles. The van der Waals surface area contributed by atoms with Crippen LogP contribution in [0.5, 0.6) is 0 Å². The van der Waals surface area contributed by atoms with E-state index in [-0.39, 0.29) is 0 Å².